The first-order chi connectivity index (χ1) is 30.8. The van der Waals surface area contributed by atoms with Crippen molar-refractivity contribution in [3.8, 4) is 16.9 Å². The van der Waals surface area contributed by atoms with Gasteiger partial charge in [0.1, 0.15) is 17.3 Å². The van der Waals surface area contributed by atoms with Gasteiger partial charge in [-0.2, -0.15) is 0 Å². The molecular formula is C54H63N3O6. The van der Waals surface area contributed by atoms with Crippen molar-refractivity contribution in [3.05, 3.63) is 130 Å². The number of hydrogen-bond donors (Lipinski definition) is 5. The average Bonchev–Trinajstić information content (AvgIpc) is 4.00. The molecule has 1 spiro atoms. The van der Waals surface area contributed by atoms with Crippen molar-refractivity contribution in [1.82, 2.24) is 16.0 Å². The Morgan fingerprint density at radius 1 is 0.889 bits per heavy atom. The average molecular weight is 850 g/mol. The molecule has 8 aliphatic rings. The van der Waals surface area contributed by atoms with Gasteiger partial charge >= 0.3 is 11.9 Å². The van der Waals surface area contributed by atoms with Gasteiger partial charge in [0.15, 0.2) is 0 Å². The summed E-state index contributed by atoms with van der Waals surface area (Å²) >= 11 is 0. The number of carbonyl (C=O) groups is 2. The Morgan fingerprint density at radius 3 is 2.51 bits per heavy atom. The predicted octanol–water partition coefficient (Wildman–Crippen LogP) is 8.88. The summed E-state index contributed by atoms with van der Waals surface area (Å²) in [5.41, 5.74) is 7.70. The highest BCUT2D eigenvalue weighted by molar-refractivity contribution is 6.07. The summed E-state index contributed by atoms with van der Waals surface area (Å²) in [4.78, 5) is 29.7. The van der Waals surface area contributed by atoms with Crippen LogP contribution in [0.15, 0.2) is 113 Å². The molecular weight excluding hydrogens is 787 g/mol. The van der Waals surface area contributed by atoms with Crippen molar-refractivity contribution in [2.75, 3.05) is 27.2 Å². The SMILES string of the molecule is CNCc1cccc(-c2ccc(O)cc2C2=C3C(=O)OC(=CC(CCO)Cc4ccccc4)C34CCC2C2CCC3=C(C(=O)OC3=CCC3(C5CCNC(NC)C5)CCCC3)C24)c1. The molecule has 3 aromatic carbocycles. The Hall–Kier alpha value is -4.80. The van der Waals surface area contributed by atoms with Crippen LogP contribution >= 0.6 is 0 Å². The van der Waals surface area contributed by atoms with Crippen molar-refractivity contribution >= 4 is 17.5 Å². The summed E-state index contributed by atoms with van der Waals surface area (Å²) in [6, 6.07) is 24.2. The van der Waals surface area contributed by atoms with E-state index < -0.39 is 5.41 Å². The van der Waals surface area contributed by atoms with Gasteiger partial charge in [0, 0.05) is 30.2 Å². The molecule has 63 heavy (non-hydrogen) atoms. The predicted molar refractivity (Wildman–Crippen MR) is 244 cm³/mol. The molecule has 2 saturated heterocycles. The number of hydrogen-bond acceptors (Lipinski definition) is 9. The maximum absolute atomic E-state index is 15.0. The van der Waals surface area contributed by atoms with Crippen LogP contribution in [0, 0.1) is 40.4 Å². The van der Waals surface area contributed by atoms with Crippen LogP contribution in [0.5, 0.6) is 5.75 Å². The molecule has 11 rings (SSSR count). The maximum atomic E-state index is 15.0. The molecule has 330 valence electrons. The van der Waals surface area contributed by atoms with Crippen molar-refractivity contribution in [2.24, 2.45) is 40.4 Å². The number of esters is 2. The van der Waals surface area contributed by atoms with Crippen LogP contribution in [-0.4, -0.2) is 55.6 Å². The monoisotopic (exact) mass is 849 g/mol. The highest BCUT2D eigenvalue weighted by atomic mass is 16.5. The number of carbonyl (C=O) groups excluding carboxylic acids is 2. The molecule has 0 amide bonds. The van der Waals surface area contributed by atoms with Crippen LogP contribution in [0.1, 0.15) is 93.7 Å². The third-order valence-corrected chi connectivity index (χ3v) is 16.4. The van der Waals surface area contributed by atoms with Gasteiger partial charge in [-0.15, -0.1) is 0 Å². The Labute approximate surface area is 372 Å². The topological polar surface area (TPSA) is 129 Å². The van der Waals surface area contributed by atoms with Gasteiger partial charge in [-0.25, -0.2) is 9.59 Å². The van der Waals surface area contributed by atoms with Gasteiger partial charge in [-0.05, 0) is 184 Å². The summed E-state index contributed by atoms with van der Waals surface area (Å²) in [6.07, 6.45) is 17.0. The summed E-state index contributed by atoms with van der Waals surface area (Å²) in [6.45, 7) is 1.72. The van der Waals surface area contributed by atoms with Crippen molar-refractivity contribution in [1.29, 1.82) is 0 Å². The van der Waals surface area contributed by atoms with Crippen molar-refractivity contribution in [3.63, 3.8) is 0 Å². The van der Waals surface area contributed by atoms with E-state index in [1.807, 2.05) is 44.4 Å². The number of rotatable bonds is 13. The van der Waals surface area contributed by atoms with E-state index in [1.165, 1.54) is 25.7 Å². The minimum Gasteiger partial charge on any atom is -0.508 e. The zero-order chi connectivity index (χ0) is 43.3. The highest BCUT2D eigenvalue weighted by Crippen LogP contribution is 2.72. The smallest absolute Gasteiger partial charge is 0.340 e. The molecule has 9 nitrogen and oxygen atoms in total. The number of piperidine rings is 1. The van der Waals surface area contributed by atoms with Gasteiger partial charge < -0.3 is 35.6 Å². The molecule has 5 N–H and O–H groups in total. The number of aliphatic hydroxyl groups excluding tert-OH is 1. The normalized spacial score (nSPS) is 30.1. The third kappa shape index (κ3) is 7.33. The first kappa shape index (κ1) is 42.2. The summed E-state index contributed by atoms with van der Waals surface area (Å²) in [5, 5.41) is 32.0. The minimum absolute atomic E-state index is 0.00613. The second-order valence-corrected chi connectivity index (χ2v) is 19.6. The van der Waals surface area contributed by atoms with Crippen LogP contribution in [0.25, 0.3) is 16.7 Å². The number of nitrogens with one attached hydrogen (secondary N) is 3. The number of aromatic hydroxyl groups is 1. The number of phenolic OH excluding ortho intramolecular Hbond substituents is 1. The standard InChI is InChI=1S/C54H63N3O6/c1-55-32-35-11-8-12-36(28-35)39-14-13-38(59)31-43(39)47-40-17-24-54(45(63-52(61)50(47)54)29-34(20-26-58)27-33-9-4-3-5-10-33)49-41(40)15-16-42-44(62-51(60)48(42)49)18-23-53(21-6-7-22-53)37-19-25-57-46(30-37)56-2/h3-5,8-14,18,28-29,31,34,37,40-41,46,49,55-59H,6-7,15-17,19-27,30,32H2,1-2H3. The second kappa shape index (κ2) is 17.3. The van der Waals surface area contributed by atoms with Gasteiger partial charge in [-0.1, -0.05) is 67.4 Å². The number of phenols is 1. The van der Waals surface area contributed by atoms with E-state index in [9.17, 15) is 19.8 Å². The van der Waals surface area contributed by atoms with Crippen LogP contribution in [0.3, 0.4) is 0 Å². The van der Waals surface area contributed by atoms with Crippen LogP contribution in [-0.2, 0) is 32.0 Å². The summed E-state index contributed by atoms with van der Waals surface area (Å²) < 4.78 is 13.0. The van der Waals surface area contributed by atoms with Gasteiger partial charge in [-0.3, -0.25) is 0 Å². The van der Waals surface area contributed by atoms with Crippen LogP contribution in [0.4, 0.5) is 0 Å². The second-order valence-electron chi connectivity index (χ2n) is 19.6. The lowest BCUT2D eigenvalue weighted by Gasteiger charge is -2.56. The number of ether oxygens (including phenoxy) is 2. The van der Waals surface area contributed by atoms with E-state index in [0.29, 0.717) is 49.2 Å². The lowest BCUT2D eigenvalue weighted by atomic mass is 9.44. The van der Waals surface area contributed by atoms with Gasteiger partial charge in [0.05, 0.1) is 17.2 Å². The first-order valence-corrected chi connectivity index (χ1v) is 23.7. The minimum atomic E-state index is -0.910. The zero-order valence-electron chi connectivity index (χ0n) is 36.9. The van der Waals surface area contributed by atoms with Crippen LogP contribution in [0.2, 0.25) is 0 Å². The van der Waals surface area contributed by atoms with Crippen molar-refractivity contribution < 1.29 is 29.3 Å². The number of fused-ring (bicyclic) bond motifs is 1. The summed E-state index contributed by atoms with van der Waals surface area (Å²) in [7, 11) is 3.98. The lowest BCUT2D eigenvalue weighted by Crippen LogP contribution is -2.52. The zero-order valence-corrected chi connectivity index (χ0v) is 36.9. The van der Waals surface area contributed by atoms with E-state index in [0.717, 1.165) is 95.4 Å². The Kier molecular flexibility index (Phi) is 11.6. The molecule has 2 saturated carbocycles. The largest absolute Gasteiger partial charge is 0.508 e. The molecule has 2 bridgehead atoms. The lowest BCUT2D eigenvalue weighted by molar-refractivity contribution is -0.135. The van der Waals surface area contributed by atoms with E-state index in [2.05, 4.69) is 64.5 Å². The van der Waals surface area contributed by atoms with Crippen LogP contribution < -0.4 is 16.0 Å². The third-order valence-electron chi connectivity index (χ3n) is 16.4. The molecule has 0 radical (unpaired) electrons. The molecule has 5 aliphatic carbocycles. The molecule has 4 fully saturated rings. The van der Waals surface area contributed by atoms with Crippen molar-refractivity contribution in [2.45, 2.75) is 96.2 Å². The fourth-order valence-electron chi connectivity index (χ4n) is 13.7. The van der Waals surface area contributed by atoms with E-state index in [1.54, 1.807) is 6.07 Å². The fraction of sp³-hybridized carbons (Fsp3) is 0.481. The number of cyclic esters (lactones) is 2. The van der Waals surface area contributed by atoms with Gasteiger partial charge in [0.25, 0.3) is 0 Å². The molecule has 7 atom stereocenters. The number of aliphatic hydroxyl groups is 1. The molecule has 9 heteroatoms. The fourth-order valence-corrected chi connectivity index (χ4v) is 13.7. The number of allylic oxidation sites excluding steroid dienone is 5. The first-order valence-electron chi connectivity index (χ1n) is 23.7. The number of benzene rings is 3. The molecule has 3 aliphatic heterocycles. The molecule has 7 unspecified atom stereocenters. The Morgan fingerprint density at radius 2 is 1.71 bits per heavy atom. The molecule has 3 aromatic rings. The Bertz CT molecular complexity index is 2390. The highest BCUT2D eigenvalue weighted by Gasteiger charge is 2.68. The summed E-state index contributed by atoms with van der Waals surface area (Å²) in [5.74, 6) is 1.03. The van der Waals surface area contributed by atoms with Gasteiger partial charge in [0.2, 0.25) is 0 Å². The quantitative estimate of drug-likeness (QED) is 0.107. The van der Waals surface area contributed by atoms with E-state index in [-0.39, 0.29) is 53.4 Å². The van der Waals surface area contributed by atoms with E-state index in [4.69, 9.17) is 9.47 Å². The maximum Gasteiger partial charge on any atom is 0.340 e. The van der Waals surface area contributed by atoms with E-state index >= 15 is 0 Å². The molecule has 0 aromatic heterocycles. The Balaban J connectivity index is 1.12. The molecule has 3 heterocycles.